The van der Waals surface area contributed by atoms with E-state index in [2.05, 4.69) is 13.8 Å². The van der Waals surface area contributed by atoms with Gasteiger partial charge >= 0.3 is 0 Å². The molecule has 0 heterocycles. The van der Waals surface area contributed by atoms with Crippen LogP contribution in [0.25, 0.3) is 0 Å². The van der Waals surface area contributed by atoms with Crippen LogP contribution in [0.3, 0.4) is 0 Å². The van der Waals surface area contributed by atoms with Gasteiger partial charge in [0.05, 0.1) is 5.25 Å². The van der Waals surface area contributed by atoms with E-state index >= 15 is 0 Å². The molecule has 0 amide bonds. The SMILES string of the molecule is CCCCC(CC)CCC(C(CC)(CC)CC)S(=O)(=O)O. The molecule has 0 spiro atoms. The third kappa shape index (κ3) is 6.27. The standard InChI is InChI=1S/C17H36O3S/c1-6-11-12-15(7-2)13-14-16(21(18,19)20)17(8-3,9-4)10-5/h15-16H,6-14H2,1-5H3,(H,18,19,20). The monoisotopic (exact) mass is 320 g/mol. The van der Waals surface area contributed by atoms with E-state index in [0.29, 0.717) is 12.3 Å². The normalized spacial score (nSPS) is 15.9. The molecule has 0 saturated heterocycles. The zero-order valence-electron chi connectivity index (χ0n) is 14.7. The van der Waals surface area contributed by atoms with Crippen molar-refractivity contribution in [3.63, 3.8) is 0 Å². The van der Waals surface area contributed by atoms with Crippen LogP contribution in [-0.4, -0.2) is 18.2 Å². The number of rotatable bonds is 12. The molecular formula is C17H36O3S. The fraction of sp³-hybridized carbons (Fsp3) is 1.00. The Balaban J connectivity index is 5.03. The Morgan fingerprint density at radius 1 is 0.905 bits per heavy atom. The van der Waals surface area contributed by atoms with E-state index in [1.54, 1.807) is 0 Å². The molecule has 21 heavy (non-hydrogen) atoms. The molecule has 2 unspecified atom stereocenters. The molecule has 128 valence electrons. The van der Waals surface area contributed by atoms with Crippen molar-refractivity contribution in [1.29, 1.82) is 0 Å². The maximum absolute atomic E-state index is 11.9. The highest BCUT2D eigenvalue weighted by atomic mass is 32.2. The van der Waals surface area contributed by atoms with Gasteiger partial charge in [0.2, 0.25) is 0 Å². The zero-order valence-corrected chi connectivity index (χ0v) is 15.5. The summed E-state index contributed by atoms with van der Waals surface area (Å²) in [5.41, 5.74) is -0.281. The topological polar surface area (TPSA) is 54.4 Å². The summed E-state index contributed by atoms with van der Waals surface area (Å²) in [6.45, 7) is 10.5. The van der Waals surface area contributed by atoms with Crippen LogP contribution in [-0.2, 0) is 10.1 Å². The fourth-order valence-corrected chi connectivity index (χ4v) is 5.20. The summed E-state index contributed by atoms with van der Waals surface area (Å²) in [6.07, 6.45) is 8.55. The van der Waals surface area contributed by atoms with Gasteiger partial charge in [0.25, 0.3) is 10.1 Å². The van der Waals surface area contributed by atoms with E-state index < -0.39 is 15.4 Å². The van der Waals surface area contributed by atoms with Crippen molar-refractivity contribution in [1.82, 2.24) is 0 Å². The van der Waals surface area contributed by atoms with Crippen LogP contribution < -0.4 is 0 Å². The lowest BCUT2D eigenvalue weighted by molar-refractivity contribution is 0.208. The smallest absolute Gasteiger partial charge is 0.268 e. The lowest BCUT2D eigenvalue weighted by Crippen LogP contribution is -2.40. The second-order valence-electron chi connectivity index (χ2n) is 6.42. The van der Waals surface area contributed by atoms with E-state index in [1.165, 1.54) is 19.3 Å². The average Bonchev–Trinajstić information content (AvgIpc) is 2.45. The largest absolute Gasteiger partial charge is 0.285 e. The number of hydrogen-bond donors (Lipinski definition) is 1. The van der Waals surface area contributed by atoms with Crippen LogP contribution in [0.4, 0.5) is 0 Å². The quantitative estimate of drug-likeness (QED) is 0.486. The van der Waals surface area contributed by atoms with E-state index in [0.717, 1.165) is 32.1 Å². The molecule has 0 aliphatic rings. The van der Waals surface area contributed by atoms with Gasteiger partial charge in [0.1, 0.15) is 0 Å². The number of unbranched alkanes of at least 4 members (excludes halogenated alkanes) is 1. The summed E-state index contributed by atoms with van der Waals surface area (Å²) in [4.78, 5) is 0. The first-order chi connectivity index (χ1) is 9.81. The van der Waals surface area contributed by atoms with Crippen LogP contribution in [0, 0.1) is 11.3 Å². The second kappa shape index (κ2) is 9.83. The molecule has 0 aromatic heterocycles. The van der Waals surface area contributed by atoms with Crippen molar-refractivity contribution in [3.05, 3.63) is 0 Å². The van der Waals surface area contributed by atoms with Gasteiger partial charge in [-0.05, 0) is 43.4 Å². The van der Waals surface area contributed by atoms with E-state index in [4.69, 9.17) is 0 Å². The highest BCUT2D eigenvalue weighted by Gasteiger charge is 2.41. The summed E-state index contributed by atoms with van der Waals surface area (Å²) in [5.74, 6) is 0.581. The van der Waals surface area contributed by atoms with Gasteiger partial charge < -0.3 is 0 Å². The summed E-state index contributed by atoms with van der Waals surface area (Å²) < 4.78 is 33.6. The van der Waals surface area contributed by atoms with Gasteiger partial charge in [-0.2, -0.15) is 8.42 Å². The molecule has 0 aliphatic carbocycles. The fourth-order valence-electron chi connectivity index (χ4n) is 3.64. The minimum Gasteiger partial charge on any atom is -0.285 e. The average molecular weight is 321 g/mol. The van der Waals surface area contributed by atoms with Crippen molar-refractivity contribution in [2.75, 3.05) is 0 Å². The molecule has 4 heteroatoms. The van der Waals surface area contributed by atoms with Crippen LogP contribution in [0.1, 0.15) is 92.4 Å². The van der Waals surface area contributed by atoms with Crippen molar-refractivity contribution >= 4 is 10.1 Å². The summed E-state index contributed by atoms with van der Waals surface area (Å²) >= 11 is 0. The Labute approximate surface area is 132 Å². The minimum absolute atomic E-state index is 0.281. The lowest BCUT2D eigenvalue weighted by atomic mass is 9.74. The minimum atomic E-state index is -3.98. The Kier molecular flexibility index (Phi) is 9.79. The van der Waals surface area contributed by atoms with Crippen molar-refractivity contribution in [2.24, 2.45) is 11.3 Å². The first-order valence-electron chi connectivity index (χ1n) is 8.77. The van der Waals surface area contributed by atoms with E-state index in [9.17, 15) is 13.0 Å². The summed E-state index contributed by atoms with van der Waals surface area (Å²) in [6, 6.07) is 0. The third-order valence-corrected chi connectivity index (χ3v) is 6.99. The summed E-state index contributed by atoms with van der Waals surface area (Å²) in [7, 11) is -3.98. The molecule has 1 N–H and O–H groups in total. The molecule has 2 atom stereocenters. The molecule has 0 rings (SSSR count). The molecule has 0 aromatic carbocycles. The molecule has 3 nitrogen and oxygen atoms in total. The van der Waals surface area contributed by atoms with Gasteiger partial charge in [-0.25, -0.2) is 0 Å². The van der Waals surface area contributed by atoms with Gasteiger partial charge in [0, 0.05) is 0 Å². The van der Waals surface area contributed by atoms with E-state index in [-0.39, 0.29) is 5.41 Å². The number of hydrogen-bond acceptors (Lipinski definition) is 2. The Bertz CT molecular complexity index is 350. The molecule has 0 fully saturated rings. The van der Waals surface area contributed by atoms with Gasteiger partial charge in [-0.15, -0.1) is 0 Å². The highest BCUT2D eigenvalue weighted by molar-refractivity contribution is 7.86. The molecular weight excluding hydrogens is 284 g/mol. The van der Waals surface area contributed by atoms with E-state index in [1.807, 2.05) is 20.8 Å². The van der Waals surface area contributed by atoms with Gasteiger partial charge in [-0.1, -0.05) is 60.3 Å². The van der Waals surface area contributed by atoms with Crippen LogP contribution >= 0.6 is 0 Å². The Morgan fingerprint density at radius 3 is 1.76 bits per heavy atom. The molecule has 0 aliphatic heterocycles. The third-order valence-electron chi connectivity index (χ3n) is 5.54. The first kappa shape index (κ1) is 20.9. The molecule has 0 saturated carbocycles. The van der Waals surface area contributed by atoms with Crippen LogP contribution in [0.15, 0.2) is 0 Å². The van der Waals surface area contributed by atoms with Crippen molar-refractivity contribution in [2.45, 2.75) is 97.7 Å². The van der Waals surface area contributed by atoms with Gasteiger partial charge in [0.15, 0.2) is 0 Å². The van der Waals surface area contributed by atoms with Crippen molar-refractivity contribution < 1.29 is 13.0 Å². The predicted molar refractivity (Wildman–Crippen MR) is 91.2 cm³/mol. The predicted octanol–water partition coefficient (Wildman–Crippen LogP) is 5.46. The maximum Gasteiger partial charge on any atom is 0.268 e. The van der Waals surface area contributed by atoms with Crippen molar-refractivity contribution in [3.8, 4) is 0 Å². The zero-order chi connectivity index (χ0) is 16.5. The molecule has 0 bridgehead atoms. The van der Waals surface area contributed by atoms with Crippen LogP contribution in [0.5, 0.6) is 0 Å². The van der Waals surface area contributed by atoms with Gasteiger partial charge in [-0.3, -0.25) is 4.55 Å². The lowest BCUT2D eigenvalue weighted by Gasteiger charge is -2.37. The van der Waals surface area contributed by atoms with Crippen LogP contribution in [0.2, 0.25) is 0 Å². The summed E-state index contributed by atoms with van der Waals surface area (Å²) in [5, 5.41) is -0.610. The Morgan fingerprint density at radius 2 is 1.43 bits per heavy atom. The second-order valence-corrected chi connectivity index (χ2v) is 8.02. The molecule has 0 aromatic rings. The first-order valence-corrected chi connectivity index (χ1v) is 10.3. The highest BCUT2D eigenvalue weighted by Crippen LogP contribution is 2.41. The molecule has 0 radical (unpaired) electrons. The Hall–Kier alpha value is -0.0900. The maximum atomic E-state index is 11.9.